The molecule has 5 heteroatoms. The quantitative estimate of drug-likeness (QED) is 0.661. The van der Waals surface area contributed by atoms with Gasteiger partial charge in [0.05, 0.1) is 6.04 Å². The van der Waals surface area contributed by atoms with Crippen LogP contribution in [-0.2, 0) is 0 Å². The molecule has 2 rings (SSSR count). The van der Waals surface area contributed by atoms with E-state index in [9.17, 15) is 4.39 Å². The Balaban J connectivity index is 2.52. The molecule has 0 spiro atoms. The van der Waals surface area contributed by atoms with E-state index in [4.69, 9.17) is 23.2 Å². The maximum absolute atomic E-state index is 14.3. The molecular weight excluding hydrogens is 376 g/mol. The minimum absolute atomic E-state index is 0.274. The van der Waals surface area contributed by atoms with Crippen LogP contribution in [0.3, 0.4) is 0 Å². The highest BCUT2D eigenvalue weighted by Crippen LogP contribution is 2.35. The summed E-state index contributed by atoms with van der Waals surface area (Å²) in [6.07, 6.45) is 0.938. The SMILES string of the molecule is CCCNC(c1ccc(Cl)cc1Cl)c1c(F)cccc1Br. The van der Waals surface area contributed by atoms with Gasteiger partial charge in [-0.15, -0.1) is 0 Å². The van der Waals surface area contributed by atoms with Crippen molar-refractivity contribution in [1.29, 1.82) is 0 Å². The molecule has 0 aromatic heterocycles. The number of rotatable bonds is 5. The molecule has 1 N–H and O–H groups in total. The van der Waals surface area contributed by atoms with Crippen LogP contribution in [0.4, 0.5) is 4.39 Å². The molecule has 112 valence electrons. The van der Waals surface area contributed by atoms with Gasteiger partial charge in [-0.3, -0.25) is 0 Å². The highest BCUT2D eigenvalue weighted by Gasteiger charge is 2.22. The predicted octanol–water partition coefficient (Wildman–Crippen LogP) is 5.98. The zero-order valence-electron chi connectivity index (χ0n) is 11.5. The van der Waals surface area contributed by atoms with E-state index in [2.05, 4.69) is 28.2 Å². The molecule has 0 aliphatic heterocycles. The topological polar surface area (TPSA) is 12.0 Å². The molecule has 0 saturated carbocycles. The second kappa shape index (κ2) is 7.59. The fraction of sp³-hybridized carbons (Fsp3) is 0.250. The van der Waals surface area contributed by atoms with Gasteiger partial charge in [-0.25, -0.2) is 4.39 Å². The lowest BCUT2D eigenvalue weighted by atomic mass is 9.98. The van der Waals surface area contributed by atoms with E-state index >= 15 is 0 Å². The first-order valence-electron chi connectivity index (χ1n) is 6.66. The fourth-order valence-electron chi connectivity index (χ4n) is 2.18. The Bertz CT molecular complexity index is 613. The van der Waals surface area contributed by atoms with Gasteiger partial charge in [-0.2, -0.15) is 0 Å². The molecule has 2 aromatic rings. The van der Waals surface area contributed by atoms with Gasteiger partial charge in [-0.1, -0.05) is 58.2 Å². The van der Waals surface area contributed by atoms with Gasteiger partial charge in [0.2, 0.25) is 0 Å². The third kappa shape index (κ3) is 3.98. The number of halogens is 4. The predicted molar refractivity (Wildman–Crippen MR) is 90.7 cm³/mol. The second-order valence-corrected chi connectivity index (χ2v) is 6.39. The molecule has 0 heterocycles. The first-order valence-corrected chi connectivity index (χ1v) is 8.21. The highest BCUT2D eigenvalue weighted by atomic mass is 79.9. The van der Waals surface area contributed by atoms with Gasteiger partial charge >= 0.3 is 0 Å². The van der Waals surface area contributed by atoms with Crippen molar-refractivity contribution in [2.75, 3.05) is 6.54 Å². The number of hydrogen-bond donors (Lipinski definition) is 1. The van der Waals surface area contributed by atoms with Crippen LogP contribution in [0.2, 0.25) is 10.0 Å². The third-order valence-corrected chi connectivity index (χ3v) is 4.41. The van der Waals surface area contributed by atoms with E-state index in [1.165, 1.54) is 6.07 Å². The van der Waals surface area contributed by atoms with Gasteiger partial charge in [0.25, 0.3) is 0 Å². The molecule has 0 fully saturated rings. The van der Waals surface area contributed by atoms with Crippen molar-refractivity contribution in [1.82, 2.24) is 5.32 Å². The molecule has 0 aliphatic carbocycles. The fourth-order valence-corrected chi connectivity index (χ4v) is 3.27. The van der Waals surface area contributed by atoms with Crippen molar-refractivity contribution in [3.8, 4) is 0 Å². The van der Waals surface area contributed by atoms with Crippen LogP contribution in [0.1, 0.15) is 30.5 Å². The zero-order valence-corrected chi connectivity index (χ0v) is 14.6. The Morgan fingerprint density at radius 1 is 1.24 bits per heavy atom. The summed E-state index contributed by atoms with van der Waals surface area (Å²) in [4.78, 5) is 0. The lowest BCUT2D eigenvalue weighted by molar-refractivity contribution is 0.544. The lowest BCUT2D eigenvalue weighted by Crippen LogP contribution is -2.24. The van der Waals surface area contributed by atoms with Crippen molar-refractivity contribution in [2.24, 2.45) is 0 Å². The normalized spacial score (nSPS) is 12.4. The first-order chi connectivity index (χ1) is 10.0. The van der Waals surface area contributed by atoms with Crippen molar-refractivity contribution < 1.29 is 4.39 Å². The molecule has 1 nitrogen and oxygen atoms in total. The van der Waals surface area contributed by atoms with Crippen LogP contribution in [0, 0.1) is 5.82 Å². The summed E-state index contributed by atoms with van der Waals surface area (Å²) in [5.41, 5.74) is 1.36. The Morgan fingerprint density at radius 3 is 2.62 bits per heavy atom. The summed E-state index contributed by atoms with van der Waals surface area (Å²) in [7, 11) is 0. The number of benzene rings is 2. The molecule has 1 atom stereocenters. The molecule has 0 aliphatic rings. The van der Waals surface area contributed by atoms with E-state index in [0.717, 1.165) is 18.5 Å². The smallest absolute Gasteiger partial charge is 0.129 e. The molecule has 1 unspecified atom stereocenters. The zero-order chi connectivity index (χ0) is 15.4. The maximum Gasteiger partial charge on any atom is 0.129 e. The third-order valence-electron chi connectivity index (χ3n) is 3.16. The van der Waals surface area contributed by atoms with E-state index in [-0.39, 0.29) is 11.9 Å². The second-order valence-electron chi connectivity index (χ2n) is 4.69. The van der Waals surface area contributed by atoms with E-state index in [1.807, 2.05) is 12.1 Å². The number of nitrogens with one attached hydrogen (secondary N) is 1. The van der Waals surface area contributed by atoms with E-state index in [1.54, 1.807) is 18.2 Å². The van der Waals surface area contributed by atoms with Gasteiger partial charge in [0.1, 0.15) is 5.82 Å². The van der Waals surface area contributed by atoms with Gasteiger partial charge in [0, 0.05) is 20.1 Å². The first kappa shape index (κ1) is 16.8. The van der Waals surface area contributed by atoms with Crippen molar-refractivity contribution >= 4 is 39.1 Å². The molecule has 0 bridgehead atoms. The summed E-state index contributed by atoms with van der Waals surface area (Å²) < 4.78 is 15.0. The molecule has 21 heavy (non-hydrogen) atoms. The number of hydrogen-bond acceptors (Lipinski definition) is 1. The van der Waals surface area contributed by atoms with Gasteiger partial charge < -0.3 is 5.32 Å². The van der Waals surface area contributed by atoms with E-state index in [0.29, 0.717) is 20.1 Å². The molecule has 2 aromatic carbocycles. The van der Waals surface area contributed by atoms with Crippen molar-refractivity contribution in [2.45, 2.75) is 19.4 Å². The van der Waals surface area contributed by atoms with Crippen LogP contribution in [0.5, 0.6) is 0 Å². The summed E-state index contributed by atoms with van der Waals surface area (Å²) in [6.45, 7) is 2.81. The Kier molecular flexibility index (Phi) is 6.06. The molecular formula is C16H15BrCl2FN. The largest absolute Gasteiger partial charge is 0.306 e. The van der Waals surface area contributed by atoms with Crippen LogP contribution in [0.25, 0.3) is 0 Å². The Hall–Kier alpha value is -0.610. The van der Waals surface area contributed by atoms with Gasteiger partial charge in [0.15, 0.2) is 0 Å². The van der Waals surface area contributed by atoms with Crippen LogP contribution < -0.4 is 5.32 Å². The van der Waals surface area contributed by atoms with Crippen LogP contribution in [-0.4, -0.2) is 6.54 Å². The lowest BCUT2D eigenvalue weighted by Gasteiger charge is -2.22. The minimum atomic E-state index is -0.328. The molecule has 0 saturated heterocycles. The highest BCUT2D eigenvalue weighted by molar-refractivity contribution is 9.10. The molecule has 0 radical (unpaired) electrons. The Labute approximate surface area is 142 Å². The average molecular weight is 391 g/mol. The summed E-state index contributed by atoms with van der Waals surface area (Å²) in [6, 6.07) is 9.88. The monoisotopic (exact) mass is 389 g/mol. The van der Waals surface area contributed by atoms with Crippen LogP contribution >= 0.6 is 39.1 Å². The van der Waals surface area contributed by atoms with Crippen molar-refractivity contribution in [3.63, 3.8) is 0 Å². The van der Waals surface area contributed by atoms with Crippen LogP contribution in [0.15, 0.2) is 40.9 Å². The summed E-state index contributed by atoms with van der Waals surface area (Å²) in [5.74, 6) is -0.274. The minimum Gasteiger partial charge on any atom is -0.306 e. The average Bonchev–Trinajstić information content (AvgIpc) is 2.43. The van der Waals surface area contributed by atoms with Crippen molar-refractivity contribution in [3.05, 3.63) is 67.9 Å². The Morgan fingerprint density at radius 2 is 2.00 bits per heavy atom. The standard InChI is InChI=1S/C16H15BrCl2FN/c1-2-8-21-16(11-7-6-10(18)9-13(11)19)15-12(17)4-3-5-14(15)20/h3-7,9,16,21H,2,8H2,1H3. The summed E-state index contributed by atoms with van der Waals surface area (Å²) in [5, 5.41) is 4.43. The summed E-state index contributed by atoms with van der Waals surface area (Å²) >= 11 is 15.7. The molecule has 0 amide bonds. The van der Waals surface area contributed by atoms with Gasteiger partial charge in [-0.05, 0) is 42.8 Å². The maximum atomic E-state index is 14.3. The van der Waals surface area contributed by atoms with E-state index < -0.39 is 0 Å².